The Morgan fingerprint density at radius 1 is 0.682 bits per heavy atom. The molecule has 2 aromatic rings. The molecule has 0 aliphatic carbocycles. The lowest BCUT2D eigenvalue weighted by Gasteiger charge is -2.30. The molecule has 19 nitrogen and oxygen atoms in total. The number of amides is 1. The molecule has 4 atom stereocenters. The minimum absolute atomic E-state index is 0.00981. The highest BCUT2D eigenvalue weighted by Gasteiger charge is 2.27. The Morgan fingerprint density at radius 2 is 1.12 bits per heavy atom. The number of nitrogens with one attached hydrogen (secondary N) is 2. The summed E-state index contributed by atoms with van der Waals surface area (Å²) < 4.78 is 65.0. The number of phosphoric acid groups is 2. The van der Waals surface area contributed by atoms with Gasteiger partial charge in [0.25, 0.3) is 15.6 Å². The molecule has 0 bridgehead atoms. The lowest BCUT2D eigenvalue weighted by Crippen LogP contribution is -2.38. The van der Waals surface area contributed by atoms with Gasteiger partial charge in [0.2, 0.25) is 5.91 Å². The first-order valence-corrected chi connectivity index (χ1v) is 27.8. The van der Waals surface area contributed by atoms with Gasteiger partial charge in [-0.05, 0) is 157 Å². The largest absolute Gasteiger partial charge is 0.756 e. The van der Waals surface area contributed by atoms with Crippen LogP contribution in [0.5, 0.6) is 0 Å². The van der Waals surface area contributed by atoms with Crippen LogP contribution in [0.1, 0.15) is 36.7 Å². The van der Waals surface area contributed by atoms with Gasteiger partial charge >= 0.3 is 17.9 Å². The number of phosphoric ester groups is 2. The van der Waals surface area contributed by atoms with Crippen LogP contribution in [0.4, 0.5) is 11.4 Å². The van der Waals surface area contributed by atoms with Gasteiger partial charge in [0.15, 0.2) is 0 Å². The first-order valence-electron chi connectivity index (χ1n) is 19.5. The topological polar surface area (TPSA) is 237 Å². The van der Waals surface area contributed by atoms with E-state index in [1.54, 1.807) is 6.07 Å². The van der Waals surface area contributed by atoms with E-state index in [1.165, 1.54) is 20.8 Å². The van der Waals surface area contributed by atoms with Gasteiger partial charge in [0, 0.05) is 38.9 Å². The summed E-state index contributed by atoms with van der Waals surface area (Å²) >= 11 is 10.4. The van der Waals surface area contributed by atoms with E-state index in [9.17, 15) is 38.1 Å². The van der Waals surface area contributed by atoms with Crippen LogP contribution in [-0.2, 0) is 55.8 Å². The molecular weight excluding hydrogens is 1470 g/mol. The summed E-state index contributed by atoms with van der Waals surface area (Å²) in [4.78, 5) is 72.7. The van der Waals surface area contributed by atoms with Gasteiger partial charge in [-0.1, -0.05) is 13.2 Å². The van der Waals surface area contributed by atoms with Crippen LogP contribution in [0.15, 0.2) is 42.5 Å². The summed E-state index contributed by atoms with van der Waals surface area (Å²) in [6.07, 6.45) is -2.33. The van der Waals surface area contributed by atoms with E-state index >= 15 is 0 Å². The van der Waals surface area contributed by atoms with Crippen molar-refractivity contribution < 1.29 is 79.4 Å². The number of carbonyl (C=O) groups is 4. The van der Waals surface area contributed by atoms with Crippen molar-refractivity contribution in [3.63, 3.8) is 0 Å². The minimum Gasteiger partial charge on any atom is -0.756 e. The molecule has 0 aromatic heterocycles. The first kappa shape index (κ1) is 63.4. The van der Waals surface area contributed by atoms with E-state index in [-0.39, 0.29) is 49.0 Å². The number of quaternary nitrogens is 2. The van der Waals surface area contributed by atoms with Gasteiger partial charge in [-0.3, -0.25) is 13.9 Å². The Balaban J connectivity index is 0.000000671. The molecule has 0 aliphatic heterocycles. The molecule has 0 aliphatic rings. The van der Waals surface area contributed by atoms with E-state index in [2.05, 4.69) is 69.0 Å². The Labute approximate surface area is 455 Å². The Hall–Kier alpha value is -0.610. The number of hydrogen-bond acceptors (Lipinski definition) is 16. The molecule has 0 spiro atoms. The Kier molecular flexibility index (Phi) is 27.9. The first-order chi connectivity index (χ1) is 30.1. The quantitative estimate of drug-likeness (QED) is 0.0265. The number of anilines is 2. The third kappa shape index (κ3) is 26.0. The average molecular weight is 1530 g/mol. The number of likely N-dealkylation sites (N-methyl/N-ethyl adjacent to an activating group) is 2. The maximum atomic E-state index is 12.9. The lowest BCUT2D eigenvalue weighted by atomic mass is 10.2. The highest BCUT2D eigenvalue weighted by atomic mass is 127. The van der Waals surface area contributed by atoms with Gasteiger partial charge < -0.3 is 61.7 Å². The van der Waals surface area contributed by atoms with Crippen molar-refractivity contribution in [3.05, 3.63) is 71.5 Å². The van der Waals surface area contributed by atoms with Crippen molar-refractivity contribution >= 4 is 164 Å². The fourth-order valence-corrected chi connectivity index (χ4v) is 12.7. The summed E-state index contributed by atoms with van der Waals surface area (Å²) in [6, 6.07) is 5.70. The second-order valence-corrected chi connectivity index (χ2v) is 25.0. The summed E-state index contributed by atoms with van der Waals surface area (Å²) in [5.74, 6) is -2.47. The monoisotopic (exact) mass is 1530 g/mol. The maximum Gasteiger partial charge on any atom is 0.340 e. The van der Waals surface area contributed by atoms with Crippen LogP contribution < -0.4 is 20.4 Å². The highest BCUT2D eigenvalue weighted by molar-refractivity contribution is 14.1. The fourth-order valence-electron chi connectivity index (χ4n) is 4.55. The molecule has 2 N–H and O–H groups in total. The summed E-state index contributed by atoms with van der Waals surface area (Å²) in [7, 11) is 1.97. The van der Waals surface area contributed by atoms with Crippen molar-refractivity contribution in [2.24, 2.45) is 0 Å². The number of hydrogen-bond donors (Lipinski definition) is 2. The van der Waals surface area contributed by atoms with Crippen molar-refractivity contribution in [2.45, 2.75) is 39.9 Å². The minimum atomic E-state index is -4.82. The van der Waals surface area contributed by atoms with Crippen LogP contribution in [-0.4, -0.2) is 140 Å². The molecule has 2 rings (SSSR count). The van der Waals surface area contributed by atoms with Gasteiger partial charge in [-0.15, -0.1) is 0 Å². The molecular formula is C40H57I5N4O15P2. The predicted molar refractivity (Wildman–Crippen MR) is 288 cm³/mol. The van der Waals surface area contributed by atoms with Crippen molar-refractivity contribution in [1.82, 2.24) is 0 Å². The zero-order valence-electron chi connectivity index (χ0n) is 38.3. The fraction of sp³-hybridized carbons (Fsp3) is 0.500. The van der Waals surface area contributed by atoms with Crippen LogP contribution in [0, 0.1) is 24.8 Å². The third-order valence-electron chi connectivity index (χ3n) is 7.91. The third-order valence-corrected chi connectivity index (χ3v) is 14.3. The molecule has 2 aromatic carbocycles. The molecule has 0 radical (unpaired) electrons. The van der Waals surface area contributed by atoms with Gasteiger partial charge in [0.1, 0.15) is 58.3 Å². The second-order valence-electron chi connectivity index (χ2n) is 16.4. The molecule has 372 valence electrons. The number of halogens is 5. The molecule has 4 unspecified atom stereocenters. The average Bonchev–Trinajstić information content (AvgIpc) is 3.14. The molecule has 0 saturated carbocycles. The smallest absolute Gasteiger partial charge is 0.340 e. The number of aryl methyl sites for hydroxylation is 1. The number of esters is 3. The van der Waals surface area contributed by atoms with E-state index < -0.39 is 59.0 Å². The normalized spacial score (nSPS) is 14.3. The molecule has 26 heteroatoms. The van der Waals surface area contributed by atoms with E-state index in [1.807, 2.05) is 129 Å². The molecule has 66 heavy (non-hydrogen) atoms. The lowest BCUT2D eigenvalue weighted by molar-refractivity contribution is -0.870. The number of benzene rings is 2. The number of rotatable bonds is 25. The van der Waals surface area contributed by atoms with E-state index in [0.29, 0.717) is 34.9 Å². The summed E-state index contributed by atoms with van der Waals surface area (Å²) in [5, 5.41) is 5.88. The molecule has 0 saturated heterocycles. The SMILES string of the molecule is C=C(C)C(=O)OCC(CNc1c(C)cc(I)cc1I)OP(=O)([O-])OCC[N+](C)(C)C.C=C(C)C(=O)OCC(COC(=O)c1c(I)cc(I)c(NC(C)=O)c1I)OP(=O)([O-])OCC[N+](C)(C)C. The predicted octanol–water partition coefficient (Wildman–Crippen LogP) is 6.62. The Morgan fingerprint density at radius 3 is 1.56 bits per heavy atom. The molecule has 0 fully saturated rings. The maximum absolute atomic E-state index is 12.9. The summed E-state index contributed by atoms with van der Waals surface area (Å²) in [6.45, 7) is 12.7. The van der Waals surface area contributed by atoms with Gasteiger partial charge in [0.05, 0.1) is 62.8 Å². The number of nitrogens with zero attached hydrogens (tertiary/aromatic N) is 2. The number of carbonyl (C=O) groups excluding carboxylic acids is 4. The van der Waals surface area contributed by atoms with Crippen molar-refractivity contribution in [3.8, 4) is 0 Å². The zero-order valence-corrected chi connectivity index (χ0v) is 50.8. The Bertz CT molecular complexity index is 2150. The second kappa shape index (κ2) is 29.0. The van der Waals surface area contributed by atoms with E-state index in [4.69, 9.17) is 32.3 Å². The summed E-state index contributed by atoms with van der Waals surface area (Å²) in [5.41, 5.74) is 2.82. The van der Waals surface area contributed by atoms with E-state index in [0.717, 1.165) is 22.0 Å². The van der Waals surface area contributed by atoms with Crippen LogP contribution in [0.3, 0.4) is 0 Å². The number of ether oxygens (including phenoxy) is 3. The van der Waals surface area contributed by atoms with Gasteiger partial charge in [-0.25, -0.2) is 14.4 Å². The van der Waals surface area contributed by atoms with Crippen molar-refractivity contribution in [2.75, 3.05) is 106 Å². The zero-order chi connectivity index (χ0) is 51.0. The van der Waals surface area contributed by atoms with Crippen LogP contribution in [0.2, 0.25) is 0 Å². The highest BCUT2D eigenvalue weighted by Crippen LogP contribution is 2.41. The standard InChI is InChI=1S/C21H28I3N2O9P.C19H29I2N2O6P/c1-12(2)20(28)32-10-14(35-36(30,31)34-8-7-26(4,5)6)11-33-21(29)17-15(22)9-16(23)19(18(17)24)25-13(3)27;1-13(2)19(24)27-12-16(29-30(25,26)28-8-7-23(4,5)6)11-22-18-14(3)9-15(20)10-17(18)21/h9,14H,1,7-8,10-11H2,2-6H3,(H-,25,27,30,31);9-10,16,22H,1,7-8,11-12H2,2-6H3. The van der Waals surface area contributed by atoms with Crippen molar-refractivity contribution in [1.29, 1.82) is 0 Å². The van der Waals surface area contributed by atoms with Crippen LogP contribution in [0.25, 0.3) is 0 Å². The van der Waals surface area contributed by atoms with Crippen LogP contribution >= 0.6 is 129 Å². The van der Waals surface area contributed by atoms with Gasteiger partial charge in [-0.2, -0.15) is 0 Å². The molecule has 0 heterocycles. The molecule has 1 amide bonds.